The topological polar surface area (TPSA) is 51.5 Å². The summed E-state index contributed by atoms with van der Waals surface area (Å²) in [5.74, 6) is 0.554. The number of methoxy groups -OCH3 is 1. The number of esters is 1. The van der Waals surface area contributed by atoms with Crippen molar-refractivity contribution < 1.29 is 13.9 Å². The van der Waals surface area contributed by atoms with Crippen LogP contribution in [-0.2, 0) is 11.3 Å². The Bertz CT molecular complexity index is 534. The molecular formula is C15H17NO3. The van der Waals surface area contributed by atoms with Gasteiger partial charge in [0.15, 0.2) is 0 Å². The SMILES string of the molecule is COC(=O)c1ccccc1CN[C@@H](C)c1ccco1. The molecule has 100 valence electrons. The van der Waals surface area contributed by atoms with E-state index in [0.29, 0.717) is 12.1 Å². The van der Waals surface area contributed by atoms with Crippen LogP contribution >= 0.6 is 0 Å². The van der Waals surface area contributed by atoms with Crippen molar-refractivity contribution in [3.8, 4) is 0 Å². The molecule has 1 N–H and O–H groups in total. The van der Waals surface area contributed by atoms with Crippen LogP contribution in [0.1, 0.15) is 34.6 Å². The number of rotatable bonds is 5. The van der Waals surface area contributed by atoms with E-state index in [9.17, 15) is 4.79 Å². The zero-order valence-corrected chi connectivity index (χ0v) is 11.1. The summed E-state index contributed by atoms with van der Waals surface area (Å²) in [6.07, 6.45) is 1.65. The summed E-state index contributed by atoms with van der Waals surface area (Å²) >= 11 is 0. The van der Waals surface area contributed by atoms with Crippen LogP contribution in [0.5, 0.6) is 0 Å². The van der Waals surface area contributed by atoms with Gasteiger partial charge in [-0.3, -0.25) is 0 Å². The van der Waals surface area contributed by atoms with Crippen LogP contribution in [-0.4, -0.2) is 13.1 Å². The first-order valence-electron chi connectivity index (χ1n) is 6.15. The Morgan fingerprint density at radius 3 is 2.79 bits per heavy atom. The number of hydrogen-bond donors (Lipinski definition) is 1. The lowest BCUT2D eigenvalue weighted by Crippen LogP contribution is -2.19. The molecule has 0 radical (unpaired) electrons. The minimum atomic E-state index is -0.317. The molecule has 0 bridgehead atoms. The molecule has 0 spiro atoms. The second-order valence-corrected chi connectivity index (χ2v) is 4.27. The van der Waals surface area contributed by atoms with Gasteiger partial charge in [-0.05, 0) is 30.7 Å². The highest BCUT2D eigenvalue weighted by Crippen LogP contribution is 2.15. The van der Waals surface area contributed by atoms with Crippen LogP contribution in [0.25, 0.3) is 0 Å². The lowest BCUT2D eigenvalue weighted by atomic mass is 10.1. The van der Waals surface area contributed by atoms with Crippen LogP contribution < -0.4 is 5.32 Å². The van der Waals surface area contributed by atoms with Crippen molar-refractivity contribution in [2.45, 2.75) is 19.5 Å². The van der Waals surface area contributed by atoms with Crippen molar-refractivity contribution in [2.24, 2.45) is 0 Å². The normalized spacial score (nSPS) is 12.1. The molecule has 0 unspecified atom stereocenters. The molecule has 0 saturated carbocycles. The lowest BCUT2D eigenvalue weighted by molar-refractivity contribution is 0.0599. The number of hydrogen-bond acceptors (Lipinski definition) is 4. The summed E-state index contributed by atoms with van der Waals surface area (Å²) in [5.41, 5.74) is 1.50. The molecule has 0 amide bonds. The Morgan fingerprint density at radius 2 is 2.11 bits per heavy atom. The molecule has 1 atom stereocenters. The monoisotopic (exact) mass is 259 g/mol. The number of benzene rings is 1. The maximum Gasteiger partial charge on any atom is 0.338 e. The molecule has 19 heavy (non-hydrogen) atoms. The maximum absolute atomic E-state index is 11.6. The number of ether oxygens (including phenoxy) is 1. The van der Waals surface area contributed by atoms with Gasteiger partial charge in [-0.15, -0.1) is 0 Å². The molecule has 0 saturated heterocycles. The molecule has 1 aromatic carbocycles. The van der Waals surface area contributed by atoms with Crippen molar-refractivity contribution in [1.82, 2.24) is 5.32 Å². The summed E-state index contributed by atoms with van der Waals surface area (Å²) in [4.78, 5) is 11.6. The highest BCUT2D eigenvalue weighted by Gasteiger charge is 2.12. The van der Waals surface area contributed by atoms with Crippen molar-refractivity contribution in [2.75, 3.05) is 7.11 Å². The van der Waals surface area contributed by atoms with Gasteiger partial charge in [-0.2, -0.15) is 0 Å². The molecule has 2 rings (SSSR count). The third-order valence-corrected chi connectivity index (χ3v) is 2.99. The fourth-order valence-corrected chi connectivity index (χ4v) is 1.88. The fourth-order valence-electron chi connectivity index (χ4n) is 1.88. The largest absolute Gasteiger partial charge is 0.468 e. The maximum atomic E-state index is 11.6. The predicted octanol–water partition coefficient (Wildman–Crippen LogP) is 2.92. The third kappa shape index (κ3) is 3.23. The standard InChI is InChI=1S/C15H17NO3/c1-11(14-8-5-9-19-14)16-10-12-6-3-4-7-13(12)15(17)18-2/h3-9,11,16H,10H2,1-2H3/t11-/m0/s1. The molecular weight excluding hydrogens is 242 g/mol. The van der Waals surface area contributed by atoms with Crippen molar-refractivity contribution in [3.63, 3.8) is 0 Å². The summed E-state index contributed by atoms with van der Waals surface area (Å²) < 4.78 is 10.1. The van der Waals surface area contributed by atoms with Crippen molar-refractivity contribution in [3.05, 3.63) is 59.5 Å². The van der Waals surface area contributed by atoms with Crippen molar-refractivity contribution in [1.29, 1.82) is 0 Å². The zero-order valence-electron chi connectivity index (χ0n) is 11.1. The molecule has 1 heterocycles. The van der Waals surface area contributed by atoms with Gasteiger partial charge in [0.05, 0.1) is 25.0 Å². The van der Waals surface area contributed by atoms with Crippen LogP contribution in [0.3, 0.4) is 0 Å². The van der Waals surface area contributed by atoms with E-state index in [4.69, 9.17) is 9.15 Å². The number of carbonyl (C=O) groups is 1. The van der Waals surface area contributed by atoms with E-state index in [1.807, 2.05) is 37.3 Å². The lowest BCUT2D eigenvalue weighted by Gasteiger charge is -2.13. The van der Waals surface area contributed by atoms with E-state index in [1.165, 1.54) is 7.11 Å². The second-order valence-electron chi connectivity index (χ2n) is 4.27. The van der Waals surface area contributed by atoms with Gasteiger partial charge in [0.2, 0.25) is 0 Å². The first kappa shape index (κ1) is 13.4. The van der Waals surface area contributed by atoms with Crippen LogP contribution in [0, 0.1) is 0 Å². The highest BCUT2D eigenvalue weighted by atomic mass is 16.5. The van der Waals surface area contributed by atoms with Gasteiger partial charge in [0, 0.05) is 6.54 Å². The minimum absolute atomic E-state index is 0.0840. The molecule has 2 aromatic rings. The minimum Gasteiger partial charge on any atom is -0.468 e. The Kier molecular flexibility index (Phi) is 4.36. The van der Waals surface area contributed by atoms with Gasteiger partial charge in [0.25, 0.3) is 0 Å². The molecule has 4 nitrogen and oxygen atoms in total. The number of nitrogens with one attached hydrogen (secondary N) is 1. The van der Waals surface area contributed by atoms with Gasteiger partial charge in [0.1, 0.15) is 5.76 Å². The fraction of sp³-hybridized carbons (Fsp3) is 0.267. The smallest absolute Gasteiger partial charge is 0.338 e. The molecule has 4 heteroatoms. The van der Waals surface area contributed by atoms with E-state index < -0.39 is 0 Å². The Balaban J connectivity index is 2.05. The summed E-state index contributed by atoms with van der Waals surface area (Å²) in [6, 6.07) is 11.3. The molecule has 0 aliphatic rings. The Hall–Kier alpha value is -2.07. The zero-order chi connectivity index (χ0) is 13.7. The third-order valence-electron chi connectivity index (χ3n) is 2.99. The van der Waals surface area contributed by atoms with Crippen LogP contribution in [0.4, 0.5) is 0 Å². The van der Waals surface area contributed by atoms with E-state index in [1.54, 1.807) is 12.3 Å². The Labute approximate surface area is 112 Å². The van der Waals surface area contributed by atoms with E-state index in [2.05, 4.69) is 5.32 Å². The van der Waals surface area contributed by atoms with E-state index >= 15 is 0 Å². The Morgan fingerprint density at radius 1 is 1.32 bits per heavy atom. The van der Waals surface area contributed by atoms with E-state index in [-0.39, 0.29) is 12.0 Å². The quantitative estimate of drug-likeness (QED) is 0.839. The average molecular weight is 259 g/mol. The number of carbonyl (C=O) groups excluding carboxylic acids is 1. The second kappa shape index (κ2) is 6.20. The first-order valence-corrected chi connectivity index (χ1v) is 6.15. The summed E-state index contributed by atoms with van der Waals surface area (Å²) in [5, 5.41) is 3.32. The van der Waals surface area contributed by atoms with Gasteiger partial charge < -0.3 is 14.5 Å². The molecule has 0 aliphatic carbocycles. The first-order chi connectivity index (χ1) is 9.22. The predicted molar refractivity (Wildman–Crippen MR) is 71.7 cm³/mol. The van der Waals surface area contributed by atoms with Crippen molar-refractivity contribution >= 4 is 5.97 Å². The van der Waals surface area contributed by atoms with Crippen LogP contribution in [0.15, 0.2) is 47.1 Å². The average Bonchev–Trinajstić information content (AvgIpc) is 2.98. The summed E-state index contributed by atoms with van der Waals surface area (Å²) in [7, 11) is 1.39. The van der Waals surface area contributed by atoms with Gasteiger partial charge >= 0.3 is 5.97 Å². The van der Waals surface area contributed by atoms with Gasteiger partial charge in [-0.25, -0.2) is 4.79 Å². The molecule has 0 aliphatic heterocycles. The van der Waals surface area contributed by atoms with E-state index in [0.717, 1.165) is 11.3 Å². The van der Waals surface area contributed by atoms with Gasteiger partial charge in [-0.1, -0.05) is 18.2 Å². The number of furan rings is 1. The molecule has 1 aromatic heterocycles. The van der Waals surface area contributed by atoms with Crippen LogP contribution in [0.2, 0.25) is 0 Å². The highest BCUT2D eigenvalue weighted by molar-refractivity contribution is 5.90. The summed E-state index contributed by atoms with van der Waals surface area (Å²) in [6.45, 7) is 2.59. The molecule has 0 fully saturated rings.